The highest BCUT2D eigenvalue weighted by Crippen LogP contribution is 2.33. The van der Waals surface area contributed by atoms with Gasteiger partial charge >= 0.3 is 0 Å². The number of nitrogens with zero attached hydrogens (tertiary/aromatic N) is 1. The molecule has 122 valence electrons. The van der Waals surface area contributed by atoms with Crippen LogP contribution in [0.25, 0.3) is 20.7 Å². The molecule has 2 N–H and O–H groups in total. The molecule has 7 heteroatoms. The van der Waals surface area contributed by atoms with Crippen molar-refractivity contribution >= 4 is 32.9 Å². The van der Waals surface area contributed by atoms with Gasteiger partial charge in [0.15, 0.2) is 0 Å². The first-order valence-electron chi connectivity index (χ1n) is 7.53. The fraction of sp³-hybridized carbons (Fsp3) is 0.176. The summed E-state index contributed by atoms with van der Waals surface area (Å²) >= 11 is 3.13. The minimum atomic E-state index is -0.0914. The fourth-order valence-electron chi connectivity index (χ4n) is 2.55. The van der Waals surface area contributed by atoms with Crippen molar-refractivity contribution in [3.05, 3.63) is 63.2 Å². The van der Waals surface area contributed by atoms with Gasteiger partial charge in [-0.3, -0.25) is 4.79 Å². The van der Waals surface area contributed by atoms with Crippen molar-refractivity contribution in [2.75, 3.05) is 0 Å². The molecule has 0 fully saturated rings. The van der Waals surface area contributed by atoms with Crippen molar-refractivity contribution in [3.63, 3.8) is 0 Å². The summed E-state index contributed by atoms with van der Waals surface area (Å²) in [6.07, 6.45) is 1.64. The number of aromatic amines is 1. The molecule has 4 heterocycles. The largest absolute Gasteiger partial charge is 0.468 e. The van der Waals surface area contributed by atoms with Crippen LogP contribution in [0.5, 0.6) is 0 Å². The van der Waals surface area contributed by atoms with Gasteiger partial charge < -0.3 is 14.7 Å². The summed E-state index contributed by atoms with van der Waals surface area (Å²) in [5.74, 6) is 1.49. The summed E-state index contributed by atoms with van der Waals surface area (Å²) in [7, 11) is 0. The van der Waals surface area contributed by atoms with Crippen LogP contribution < -0.4 is 10.9 Å². The Hall–Kier alpha value is -2.22. The Morgan fingerprint density at radius 1 is 1.33 bits per heavy atom. The molecule has 0 aliphatic carbocycles. The standard InChI is InChI=1S/C17H15N3O2S2/c1-10(18-8-11-4-2-6-22-11)15-19-16(21)14-12(9-24-17(14)20-15)13-5-3-7-23-13/h2-7,9-10,18H,8H2,1H3,(H,19,20,21)/t10-/m0/s1. The third-order valence-corrected chi connectivity index (χ3v) is 5.60. The topological polar surface area (TPSA) is 70.9 Å². The van der Waals surface area contributed by atoms with Crippen molar-refractivity contribution in [3.8, 4) is 10.4 Å². The molecule has 4 aromatic rings. The van der Waals surface area contributed by atoms with E-state index in [1.165, 1.54) is 11.3 Å². The second-order valence-electron chi connectivity index (χ2n) is 5.44. The molecular formula is C17H15N3O2S2. The Kier molecular flexibility index (Phi) is 4.05. The molecule has 0 aliphatic rings. The summed E-state index contributed by atoms with van der Waals surface area (Å²) in [6, 6.07) is 7.68. The molecule has 1 atom stereocenters. The Balaban J connectivity index is 1.65. The second-order valence-corrected chi connectivity index (χ2v) is 7.25. The Labute approximate surface area is 146 Å². The quantitative estimate of drug-likeness (QED) is 0.563. The number of rotatable bonds is 5. The van der Waals surface area contributed by atoms with Gasteiger partial charge in [0, 0.05) is 15.8 Å². The monoisotopic (exact) mass is 357 g/mol. The normalized spacial score (nSPS) is 12.7. The number of nitrogens with one attached hydrogen (secondary N) is 2. The van der Waals surface area contributed by atoms with Crippen molar-refractivity contribution in [1.29, 1.82) is 0 Å². The molecule has 0 amide bonds. The number of hydrogen-bond donors (Lipinski definition) is 2. The lowest BCUT2D eigenvalue weighted by Gasteiger charge is -2.12. The third kappa shape index (κ3) is 2.82. The summed E-state index contributed by atoms with van der Waals surface area (Å²) < 4.78 is 5.31. The Morgan fingerprint density at radius 3 is 3.00 bits per heavy atom. The van der Waals surface area contributed by atoms with Gasteiger partial charge in [0.25, 0.3) is 5.56 Å². The maximum absolute atomic E-state index is 12.6. The van der Waals surface area contributed by atoms with Gasteiger partial charge in [-0.1, -0.05) is 6.07 Å². The first-order valence-corrected chi connectivity index (χ1v) is 9.29. The van der Waals surface area contributed by atoms with Crippen LogP contribution in [0.3, 0.4) is 0 Å². The van der Waals surface area contributed by atoms with Crippen LogP contribution in [0.2, 0.25) is 0 Å². The van der Waals surface area contributed by atoms with Gasteiger partial charge in [0.05, 0.1) is 24.2 Å². The lowest BCUT2D eigenvalue weighted by atomic mass is 10.2. The molecular weight excluding hydrogens is 342 g/mol. The zero-order chi connectivity index (χ0) is 16.5. The molecule has 0 aromatic carbocycles. The summed E-state index contributed by atoms with van der Waals surface area (Å²) in [5.41, 5.74) is 0.868. The summed E-state index contributed by atoms with van der Waals surface area (Å²) in [4.78, 5) is 22.0. The first-order chi connectivity index (χ1) is 11.7. The first kappa shape index (κ1) is 15.3. The number of aromatic nitrogens is 2. The SMILES string of the molecule is C[C@H](NCc1ccco1)c1nc2scc(-c3cccs3)c2c(=O)[nH]1. The van der Waals surface area contributed by atoms with E-state index in [1.54, 1.807) is 17.6 Å². The van der Waals surface area contributed by atoms with Crippen LogP contribution in [-0.4, -0.2) is 9.97 Å². The van der Waals surface area contributed by atoms with Crippen LogP contribution in [0.15, 0.2) is 50.5 Å². The minimum Gasteiger partial charge on any atom is -0.468 e. The van der Waals surface area contributed by atoms with Crippen LogP contribution in [0.4, 0.5) is 0 Å². The Morgan fingerprint density at radius 2 is 2.25 bits per heavy atom. The predicted octanol–water partition coefficient (Wildman–Crippen LogP) is 4.16. The van der Waals surface area contributed by atoms with E-state index in [9.17, 15) is 4.79 Å². The molecule has 24 heavy (non-hydrogen) atoms. The fourth-order valence-corrected chi connectivity index (χ4v) is 4.32. The molecule has 4 aromatic heterocycles. The van der Waals surface area contributed by atoms with Crippen LogP contribution in [0.1, 0.15) is 24.6 Å². The van der Waals surface area contributed by atoms with E-state index in [0.29, 0.717) is 17.8 Å². The van der Waals surface area contributed by atoms with Crippen LogP contribution >= 0.6 is 22.7 Å². The highest BCUT2D eigenvalue weighted by Gasteiger charge is 2.16. The van der Waals surface area contributed by atoms with Crippen molar-refractivity contribution < 1.29 is 4.42 Å². The number of thiophene rings is 2. The van der Waals surface area contributed by atoms with Crippen LogP contribution in [-0.2, 0) is 6.54 Å². The lowest BCUT2D eigenvalue weighted by Crippen LogP contribution is -2.23. The van der Waals surface area contributed by atoms with E-state index in [0.717, 1.165) is 21.0 Å². The number of furan rings is 1. The van der Waals surface area contributed by atoms with Gasteiger partial charge in [-0.2, -0.15) is 0 Å². The number of hydrogen-bond acceptors (Lipinski definition) is 6. The molecule has 5 nitrogen and oxygen atoms in total. The lowest BCUT2D eigenvalue weighted by molar-refractivity contribution is 0.453. The molecule has 0 radical (unpaired) electrons. The van der Waals surface area contributed by atoms with Crippen molar-refractivity contribution in [1.82, 2.24) is 15.3 Å². The van der Waals surface area contributed by atoms with Crippen LogP contribution in [0, 0.1) is 0 Å². The molecule has 0 saturated heterocycles. The van der Waals surface area contributed by atoms with E-state index in [-0.39, 0.29) is 11.6 Å². The van der Waals surface area contributed by atoms with Crippen molar-refractivity contribution in [2.45, 2.75) is 19.5 Å². The van der Waals surface area contributed by atoms with E-state index >= 15 is 0 Å². The Bertz CT molecular complexity index is 1000. The highest BCUT2D eigenvalue weighted by atomic mass is 32.1. The van der Waals surface area contributed by atoms with Gasteiger partial charge in [-0.15, -0.1) is 22.7 Å². The van der Waals surface area contributed by atoms with Gasteiger partial charge in [-0.25, -0.2) is 4.98 Å². The van der Waals surface area contributed by atoms with E-state index in [4.69, 9.17) is 4.42 Å². The van der Waals surface area contributed by atoms with Gasteiger partial charge in [0.2, 0.25) is 0 Å². The molecule has 0 saturated carbocycles. The average molecular weight is 357 g/mol. The zero-order valence-corrected chi connectivity index (χ0v) is 14.5. The molecule has 0 spiro atoms. The molecule has 4 rings (SSSR count). The summed E-state index contributed by atoms with van der Waals surface area (Å²) in [5, 5.41) is 7.99. The van der Waals surface area contributed by atoms with Gasteiger partial charge in [-0.05, 0) is 30.5 Å². The van der Waals surface area contributed by atoms with E-state index in [1.807, 2.05) is 41.9 Å². The maximum Gasteiger partial charge on any atom is 0.260 e. The smallest absolute Gasteiger partial charge is 0.260 e. The molecule has 0 bridgehead atoms. The molecule has 0 aliphatic heterocycles. The number of H-pyrrole nitrogens is 1. The molecule has 0 unspecified atom stereocenters. The third-order valence-electron chi connectivity index (χ3n) is 3.82. The number of fused-ring (bicyclic) bond motifs is 1. The summed E-state index contributed by atoms with van der Waals surface area (Å²) in [6.45, 7) is 2.56. The van der Waals surface area contributed by atoms with Gasteiger partial charge in [0.1, 0.15) is 16.4 Å². The highest BCUT2D eigenvalue weighted by molar-refractivity contribution is 7.18. The minimum absolute atomic E-state index is 0.0838. The second kappa shape index (κ2) is 6.35. The average Bonchev–Trinajstić information content (AvgIpc) is 3.31. The van der Waals surface area contributed by atoms with Crippen molar-refractivity contribution in [2.24, 2.45) is 0 Å². The van der Waals surface area contributed by atoms with E-state index < -0.39 is 0 Å². The zero-order valence-electron chi connectivity index (χ0n) is 12.9. The van der Waals surface area contributed by atoms with E-state index in [2.05, 4.69) is 15.3 Å². The maximum atomic E-state index is 12.6. The predicted molar refractivity (Wildman–Crippen MR) is 97.5 cm³/mol.